The van der Waals surface area contributed by atoms with E-state index >= 15 is 0 Å². The van der Waals surface area contributed by atoms with Crippen molar-refractivity contribution in [2.24, 2.45) is 4.99 Å². The first-order chi connectivity index (χ1) is 13.8. The molecule has 0 saturated carbocycles. The lowest BCUT2D eigenvalue weighted by Gasteiger charge is -2.15. The molecule has 0 fully saturated rings. The van der Waals surface area contributed by atoms with Gasteiger partial charge in [-0.15, -0.1) is 0 Å². The van der Waals surface area contributed by atoms with Gasteiger partial charge >= 0.3 is 0 Å². The molecular formula is C21H29ClN4O2S. The van der Waals surface area contributed by atoms with Crippen molar-refractivity contribution in [1.82, 2.24) is 15.4 Å². The van der Waals surface area contributed by atoms with Gasteiger partial charge in [-0.05, 0) is 43.5 Å². The molecule has 0 unspecified atom stereocenters. The zero-order valence-electron chi connectivity index (χ0n) is 17.1. The molecule has 0 aromatic heterocycles. The Hall–Kier alpha value is -2.09. The normalized spacial score (nSPS) is 12.2. The number of guanidine groups is 1. The van der Waals surface area contributed by atoms with Crippen LogP contribution in [-0.4, -0.2) is 27.0 Å². The van der Waals surface area contributed by atoms with Crippen LogP contribution in [-0.2, 0) is 28.9 Å². The van der Waals surface area contributed by atoms with Gasteiger partial charge in [0.05, 0.1) is 12.3 Å². The van der Waals surface area contributed by atoms with Gasteiger partial charge in [0.15, 0.2) is 5.96 Å². The van der Waals surface area contributed by atoms with Crippen molar-refractivity contribution in [1.29, 1.82) is 0 Å². The molecular weight excluding hydrogens is 408 g/mol. The van der Waals surface area contributed by atoms with Crippen molar-refractivity contribution in [3.63, 3.8) is 0 Å². The Morgan fingerprint density at radius 1 is 1.00 bits per heavy atom. The van der Waals surface area contributed by atoms with Gasteiger partial charge in [0.1, 0.15) is 0 Å². The lowest BCUT2D eigenvalue weighted by atomic mass is 10.1. The van der Waals surface area contributed by atoms with E-state index in [0.717, 1.165) is 16.7 Å². The number of nitrogens with zero attached hydrogens (tertiary/aromatic N) is 1. The largest absolute Gasteiger partial charge is 0.357 e. The number of nitrogens with one attached hydrogen (secondary N) is 3. The maximum Gasteiger partial charge on any atom is 0.216 e. The van der Waals surface area contributed by atoms with E-state index in [9.17, 15) is 8.42 Å². The van der Waals surface area contributed by atoms with E-state index in [2.05, 4.69) is 20.3 Å². The van der Waals surface area contributed by atoms with Crippen molar-refractivity contribution in [3.8, 4) is 0 Å². The van der Waals surface area contributed by atoms with Crippen molar-refractivity contribution >= 4 is 27.6 Å². The number of sulfonamides is 1. The number of benzene rings is 2. The molecule has 0 bridgehead atoms. The fourth-order valence-corrected chi connectivity index (χ4v) is 4.48. The Morgan fingerprint density at radius 3 is 2.24 bits per heavy atom. The Balaban J connectivity index is 2.10. The second-order valence-corrected chi connectivity index (χ2v) is 9.10. The highest BCUT2D eigenvalue weighted by Gasteiger charge is 2.15. The van der Waals surface area contributed by atoms with Crippen LogP contribution in [0, 0.1) is 0 Å². The first-order valence-corrected chi connectivity index (χ1v) is 11.7. The van der Waals surface area contributed by atoms with Crippen LogP contribution in [0.5, 0.6) is 0 Å². The van der Waals surface area contributed by atoms with Crippen LogP contribution in [0.1, 0.15) is 37.5 Å². The first-order valence-electron chi connectivity index (χ1n) is 9.63. The molecule has 0 aliphatic heterocycles. The van der Waals surface area contributed by atoms with Crippen LogP contribution in [0.2, 0.25) is 5.02 Å². The lowest BCUT2D eigenvalue weighted by Crippen LogP contribution is -2.37. The van der Waals surface area contributed by atoms with E-state index in [-0.39, 0.29) is 11.8 Å². The molecule has 8 heteroatoms. The molecule has 29 heavy (non-hydrogen) atoms. The molecule has 0 amide bonds. The van der Waals surface area contributed by atoms with Crippen molar-refractivity contribution in [2.75, 3.05) is 6.54 Å². The molecule has 0 radical (unpaired) electrons. The molecule has 2 aromatic carbocycles. The smallest absolute Gasteiger partial charge is 0.216 e. The predicted octanol–water partition coefficient (Wildman–Crippen LogP) is 3.42. The van der Waals surface area contributed by atoms with Gasteiger partial charge in [0.25, 0.3) is 0 Å². The van der Waals surface area contributed by atoms with E-state index in [4.69, 9.17) is 11.6 Å². The minimum absolute atomic E-state index is 0.0592. The SMILES string of the molecule is CCNC(=NCc1ccccc1Cl)NCc1ccccc1CS(=O)(=O)NC(C)C. The lowest BCUT2D eigenvalue weighted by molar-refractivity contribution is 0.568. The zero-order valence-corrected chi connectivity index (χ0v) is 18.6. The molecule has 0 atom stereocenters. The van der Waals surface area contributed by atoms with Crippen LogP contribution in [0.3, 0.4) is 0 Å². The van der Waals surface area contributed by atoms with Crippen LogP contribution in [0.4, 0.5) is 0 Å². The summed E-state index contributed by atoms with van der Waals surface area (Å²) in [5.74, 6) is 0.585. The van der Waals surface area contributed by atoms with Gasteiger partial charge < -0.3 is 10.6 Å². The van der Waals surface area contributed by atoms with Crippen molar-refractivity contribution in [3.05, 3.63) is 70.2 Å². The topological polar surface area (TPSA) is 82.6 Å². The van der Waals surface area contributed by atoms with Gasteiger partial charge in [-0.25, -0.2) is 18.1 Å². The molecule has 0 saturated heterocycles. The molecule has 0 aliphatic carbocycles. The van der Waals surface area contributed by atoms with Gasteiger partial charge in [0.2, 0.25) is 10.0 Å². The Labute approximate surface area is 178 Å². The highest BCUT2D eigenvalue weighted by atomic mass is 35.5. The fourth-order valence-electron chi connectivity index (χ4n) is 2.79. The van der Waals surface area contributed by atoms with E-state index in [1.165, 1.54) is 0 Å². The summed E-state index contributed by atoms with van der Waals surface area (Å²) in [4.78, 5) is 4.58. The minimum Gasteiger partial charge on any atom is -0.357 e. The van der Waals surface area contributed by atoms with Gasteiger partial charge in [-0.3, -0.25) is 0 Å². The van der Waals surface area contributed by atoms with E-state index in [1.807, 2.05) is 69.3 Å². The first kappa shape index (κ1) is 23.2. The van der Waals surface area contributed by atoms with Crippen LogP contribution < -0.4 is 15.4 Å². The Morgan fingerprint density at radius 2 is 1.62 bits per heavy atom. The predicted molar refractivity (Wildman–Crippen MR) is 120 cm³/mol. The minimum atomic E-state index is -3.39. The van der Waals surface area contributed by atoms with E-state index in [1.54, 1.807) is 0 Å². The van der Waals surface area contributed by atoms with E-state index in [0.29, 0.717) is 30.6 Å². The summed E-state index contributed by atoms with van der Waals surface area (Å²) in [7, 11) is -3.39. The molecule has 0 aliphatic rings. The second kappa shape index (κ2) is 11.2. The highest BCUT2D eigenvalue weighted by molar-refractivity contribution is 7.88. The molecule has 6 nitrogen and oxygen atoms in total. The monoisotopic (exact) mass is 436 g/mol. The maximum atomic E-state index is 12.3. The third-order valence-electron chi connectivity index (χ3n) is 4.04. The number of aliphatic imine (C=N–C) groups is 1. The third-order valence-corrected chi connectivity index (χ3v) is 5.93. The van der Waals surface area contributed by atoms with Gasteiger partial charge in [-0.2, -0.15) is 0 Å². The molecule has 3 N–H and O–H groups in total. The second-order valence-electron chi connectivity index (χ2n) is 6.94. The standard InChI is InChI=1S/C21H29ClN4O2S/c1-4-23-21(25-14-18-10-7-8-12-20(18)22)24-13-17-9-5-6-11-19(17)15-29(27,28)26-16(2)3/h5-12,16,26H,4,13-15H2,1-3H3,(H2,23,24,25). The Kier molecular flexibility index (Phi) is 8.95. The van der Waals surface area contributed by atoms with Gasteiger partial charge in [0, 0.05) is 24.2 Å². The number of hydrogen-bond acceptors (Lipinski definition) is 3. The zero-order chi connectivity index (χ0) is 21.3. The molecule has 2 aromatic rings. The fraction of sp³-hybridized carbons (Fsp3) is 0.381. The summed E-state index contributed by atoms with van der Waals surface area (Å²) >= 11 is 6.20. The van der Waals surface area contributed by atoms with Crippen molar-refractivity contribution < 1.29 is 8.42 Å². The summed E-state index contributed by atoms with van der Waals surface area (Å²) in [6.45, 7) is 7.23. The number of halogens is 1. The molecule has 2 rings (SSSR count). The molecule has 158 valence electrons. The average molecular weight is 437 g/mol. The molecule has 0 heterocycles. The Bertz CT molecular complexity index is 930. The van der Waals surface area contributed by atoms with Crippen LogP contribution in [0.15, 0.2) is 53.5 Å². The van der Waals surface area contributed by atoms with Crippen LogP contribution in [0.25, 0.3) is 0 Å². The summed E-state index contributed by atoms with van der Waals surface area (Å²) in [6.07, 6.45) is 0. The highest BCUT2D eigenvalue weighted by Crippen LogP contribution is 2.16. The van der Waals surface area contributed by atoms with E-state index < -0.39 is 10.0 Å². The van der Waals surface area contributed by atoms with Crippen LogP contribution >= 0.6 is 11.6 Å². The number of hydrogen-bond donors (Lipinski definition) is 3. The third kappa shape index (κ3) is 8.04. The maximum absolute atomic E-state index is 12.3. The summed E-state index contributed by atoms with van der Waals surface area (Å²) in [5, 5.41) is 7.16. The summed E-state index contributed by atoms with van der Waals surface area (Å²) in [5.41, 5.74) is 2.61. The summed E-state index contributed by atoms with van der Waals surface area (Å²) < 4.78 is 27.3. The average Bonchev–Trinajstić information content (AvgIpc) is 2.65. The quantitative estimate of drug-likeness (QED) is 0.415. The number of rotatable bonds is 9. The molecule has 0 spiro atoms. The van der Waals surface area contributed by atoms with Crippen molar-refractivity contribution in [2.45, 2.75) is 45.7 Å². The summed E-state index contributed by atoms with van der Waals surface area (Å²) in [6, 6.07) is 15.0. The van der Waals surface area contributed by atoms with Gasteiger partial charge in [-0.1, -0.05) is 54.1 Å².